The lowest BCUT2D eigenvalue weighted by Crippen LogP contribution is -2.66. The number of ether oxygens (including phenoxy) is 1. The van der Waals surface area contributed by atoms with Gasteiger partial charge in [0.2, 0.25) is 0 Å². The molecule has 1 saturated heterocycles. The molecule has 0 bridgehead atoms. The molecule has 186 valence electrons. The first-order valence-corrected chi connectivity index (χ1v) is 11.9. The first-order valence-electron chi connectivity index (χ1n) is 11.9. The molecular formula is C27H35N5O3. The number of nitrogens with zero attached hydrogens (tertiary/aromatic N) is 3. The van der Waals surface area contributed by atoms with Gasteiger partial charge >= 0.3 is 6.09 Å². The molecule has 0 radical (unpaired) electrons. The SMILES string of the molecule is CC(C)c1ccc([C@](O)(c2cncc(-c3cc(N)n[nH]3)c2)C2(C)CN(C(=O)OC(C)(C)C)C2)cc1. The average Bonchev–Trinajstić information content (AvgIpc) is 3.21. The normalized spacial score (nSPS) is 17.1. The van der Waals surface area contributed by atoms with E-state index >= 15 is 0 Å². The minimum Gasteiger partial charge on any atom is -0.444 e. The molecule has 1 aromatic carbocycles. The van der Waals surface area contributed by atoms with Gasteiger partial charge in [-0.1, -0.05) is 45.0 Å². The summed E-state index contributed by atoms with van der Waals surface area (Å²) in [5.74, 6) is 0.749. The smallest absolute Gasteiger partial charge is 0.410 e. The highest BCUT2D eigenvalue weighted by molar-refractivity contribution is 5.70. The van der Waals surface area contributed by atoms with E-state index in [1.54, 1.807) is 23.4 Å². The molecule has 1 aliphatic rings. The lowest BCUT2D eigenvalue weighted by atomic mass is 9.62. The fourth-order valence-electron chi connectivity index (χ4n) is 4.72. The Balaban J connectivity index is 1.75. The Hall–Kier alpha value is -3.39. The Morgan fingerprint density at radius 2 is 1.80 bits per heavy atom. The van der Waals surface area contributed by atoms with Crippen molar-refractivity contribution in [2.45, 2.75) is 58.7 Å². The number of H-pyrrole nitrogens is 1. The number of hydrogen-bond donors (Lipinski definition) is 3. The van der Waals surface area contributed by atoms with E-state index in [0.717, 1.165) is 11.1 Å². The van der Waals surface area contributed by atoms with E-state index in [4.69, 9.17) is 10.5 Å². The number of anilines is 1. The summed E-state index contributed by atoms with van der Waals surface area (Å²) in [4.78, 5) is 18.7. The number of carbonyl (C=O) groups is 1. The molecule has 0 spiro atoms. The predicted octanol–water partition coefficient (Wildman–Crippen LogP) is 4.67. The number of hydrogen-bond acceptors (Lipinski definition) is 6. The molecule has 3 heterocycles. The van der Waals surface area contributed by atoms with Gasteiger partial charge in [-0.2, -0.15) is 5.10 Å². The van der Waals surface area contributed by atoms with Gasteiger partial charge in [-0.15, -0.1) is 0 Å². The zero-order valence-electron chi connectivity index (χ0n) is 21.3. The van der Waals surface area contributed by atoms with Gasteiger partial charge < -0.3 is 20.5 Å². The number of benzene rings is 1. The first kappa shape index (κ1) is 24.7. The van der Waals surface area contributed by atoms with Crippen molar-refractivity contribution in [3.8, 4) is 11.3 Å². The fourth-order valence-corrected chi connectivity index (χ4v) is 4.72. The Labute approximate surface area is 206 Å². The molecule has 4 rings (SSSR count). The van der Waals surface area contributed by atoms with E-state index < -0.39 is 16.6 Å². The van der Waals surface area contributed by atoms with Gasteiger partial charge in [0.15, 0.2) is 0 Å². The zero-order valence-corrected chi connectivity index (χ0v) is 21.3. The Kier molecular flexibility index (Phi) is 6.13. The van der Waals surface area contributed by atoms with Crippen LogP contribution in [0.4, 0.5) is 10.6 Å². The largest absolute Gasteiger partial charge is 0.444 e. The molecule has 2 aromatic heterocycles. The number of likely N-dealkylation sites (tertiary alicyclic amines) is 1. The second kappa shape index (κ2) is 8.68. The van der Waals surface area contributed by atoms with E-state index in [-0.39, 0.29) is 6.09 Å². The van der Waals surface area contributed by atoms with Crippen molar-refractivity contribution >= 4 is 11.9 Å². The summed E-state index contributed by atoms with van der Waals surface area (Å²) in [5, 5.41) is 19.4. The van der Waals surface area contributed by atoms with Crippen LogP contribution in [0.2, 0.25) is 0 Å². The summed E-state index contributed by atoms with van der Waals surface area (Å²) in [5.41, 5.74) is 7.17. The van der Waals surface area contributed by atoms with E-state index in [1.165, 1.54) is 5.56 Å². The highest BCUT2D eigenvalue weighted by atomic mass is 16.6. The number of amides is 1. The molecular weight excluding hydrogens is 442 g/mol. The molecule has 1 aliphatic heterocycles. The molecule has 1 fully saturated rings. The van der Waals surface area contributed by atoms with Crippen LogP contribution in [0, 0.1) is 5.41 Å². The molecule has 3 aromatic rings. The quantitative estimate of drug-likeness (QED) is 0.492. The van der Waals surface area contributed by atoms with Crippen LogP contribution < -0.4 is 5.73 Å². The Bertz CT molecular complexity index is 1210. The summed E-state index contributed by atoms with van der Waals surface area (Å²) in [7, 11) is 0. The maximum absolute atomic E-state index is 12.7. The highest BCUT2D eigenvalue weighted by Gasteiger charge is 2.58. The number of nitrogens with one attached hydrogen (secondary N) is 1. The lowest BCUT2D eigenvalue weighted by Gasteiger charge is -2.56. The van der Waals surface area contributed by atoms with Gasteiger partial charge in [-0.25, -0.2) is 4.79 Å². The van der Waals surface area contributed by atoms with Crippen molar-refractivity contribution in [2.24, 2.45) is 5.41 Å². The number of nitrogens with two attached hydrogens (primary N) is 1. The minimum absolute atomic E-state index is 0.339. The fraction of sp³-hybridized carbons (Fsp3) is 0.444. The number of pyridine rings is 1. The third-order valence-corrected chi connectivity index (χ3v) is 6.66. The van der Waals surface area contributed by atoms with Crippen LogP contribution in [0.5, 0.6) is 0 Å². The maximum atomic E-state index is 12.7. The summed E-state index contributed by atoms with van der Waals surface area (Å²) in [6.45, 7) is 12.5. The van der Waals surface area contributed by atoms with Gasteiger partial charge in [0.1, 0.15) is 17.0 Å². The number of carbonyl (C=O) groups excluding carboxylic acids is 1. The highest BCUT2D eigenvalue weighted by Crippen LogP contribution is 2.51. The minimum atomic E-state index is -1.41. The van der Waals surface area contributed by atoms with Crippen LogP contribution in [0.3, 0.4) is 0 Å². The molecule has 1 atom stereocenters. The number of aromatic amines is 1. The monoisotopic (exact) mass is 477 g/mol. The van der Waals surface area contributed by atoms with Crippen LogP contribution in [-0.2, 0) is 10.3 Å². The first-order chi connectivity index (χ1) is 16.3. The van der Waals surface area contributed by atoms with Crippen LogP contribution >= 0.6 is 0 Å². The summed E-state index contributed by atoms with van der Waals surface area (Å²) < 4.78 is 5.55. The van der Waals surface area contributed by atoms with Gasteiger partial charge in [0.25, 0.3) is 0 Å². The Morgan fingerprint density at radius 3 is 2.34 bits per heavy atom. The molecule has 0 unspecified atom stereocenters. The predicted molar refractivity (Wildman–Crippen MR) is 136 cm³/mol. The molecule has 35 heavy (non-hydrogen) atoms. The number of aliphatic hydroxyl groups is 1. The average molecular weight is 478 g/mol. The van der Waals surface area contributed by atoms with Crippen molar-refractivity contribution in [3.05, 3.63) is 65.5 Å². The second-order valence-electron chi connectivity index (χ2n) is 11.1. The molecule has 8 nitrogen and oxygen atoms in total. The van der Waals surface area contributed by atoms with Gasteiger partial charge in [-0.05, 0) is 43.9 Å². The molecule has 0 saturated carbocycles. The van der Waals surface area contributed by atoms with Crippen LogP contribution in [0.1, 0.15) is 64.2 Å². The molecule has 0 aliphatic carbocycles. The topological polar surface area (TPSA) is 117 Å². The lowest BCUT2D eigenvalue weighted by molar-refractivity contribution is -0.131. The molecule has 4 N–H and O–H groups in total. The number of rotatable bonds is 5. The van der Waals surface area contributed by atoms with Gasteiger partial charge in [-0.3, -0.25) is 10.1 Å². The van der Waals surface area contributed by atoms with Gasteiger partial charge in [0.05, 0.1) is 5.69 Å². The summed E-state index contributed by atoms with van der Waals surface area (Å²) in [6.07, 6.45) is 3.00. The summed E-state index contributed by atoms with van der Waals surface area (Å²) >= 11 is 0. The van der Waals surface area contributed by atoms with Crippen LogP contribution in [0.25, 0.3) is 11.3 Å². The maximum Gasteiger partial charge on any atom is 0.410 e. The third kappa shape index (κ3) is 4.62. The molecule has 1 amide bonds. The van der Waals surface area contributed by atoms with E-state index in [0.29, 0.717) is 36.1 Å². The van der Waals surface area contributed by atoms with Gasteiger partial charge in [0, 0.05) is 48.1 Å². The number of nitrogen functional groups attached to an aromatic ring is 1. The summed E-state index contributed by atoms with van der Waals surface area (Å²) in [6, 6.07) is 11.7. The van der Waals surface area contributed by atoms with E-state index in [2.05, 4.69) is 29.0 Å². The third-order valence-electron chi connectivity index (χ3n) is 6.66. The number of aromatic nitrogens is 3. The van der Waals surface area contributed by atoms with E-state index in [1.807, 2.05) is 58.0 Å². The van der Waals surface area contributed by atoms with Crippen LogP contribution in [-0.4, -0.2) is 50.0 Å². The Morgan fingerprint density at radius 1 is 1.14 bits per heavy atom. The zero-order chi connectivity index (χ0) is 25.6. The van der Waals surface area contributed by atoms with Crippen molar-refractivity contribution in [2.75, 3.05) is 18.8 Å². The van der Waals surface area contributed by atoms with E-state index in [9.17, 15) is 9.90 Å². The van der Waals surface area contributed by atoms with Crippen LogP contribution in [0.15, 0.2) is 48.8 Å². The van der Waals surface area contributed by atoms with Crippen molar-refractivity contribution in [1.29, 1.82) is 0 Å². The van der Waals surface area contributed by atoms with Crippen molar-refractivity contribution < 1.29 is 14.6 Å². The molecule has 8 heteroatoms. The van der Waals surface area contributed by atoms with Crippen molar-refractivity contribution in [3.63, 3.8) is 0 Å². The second-order valence-corrected chi connectivity index (χ2v) is 11.1. The standard InChI is InChI=1S/C27H35N5O3/c1-17(2)18-7-9-20(10-8-18)27(34,26(6)15-32(16-26)24(33)35-25(3,4)5)21-11-19(13-29-14-21)22-12-23(28)31-30-22/h7-14,17,34H,15-16H2,1-6H3,(H3,28,30,31)/t27-/m0/s1. The van der Waals surface area contributed by atoms with Crippen molar-refractivity contribution in [1.82, 2.24) is 20.1 Å².